The standard InChI is InChI=1S/C9H10N2O.C6H5ClO.C6H12/c1-7(12)8-6-10-11-5-3-2-4-9(8)11;7-5-1-3-6(8)4-2-5;1-2-6-4-3-5-6/h2-5,10H,6H2,1H3;1-4,8H;6H,2-5H2,1H3. The van der Waals surface area contributed by atoms with Crippen molar-refractivity contribution in [1.29, 1.82) is 0 Å². The number of phenols is 1. The van der Waals surface area contributed by atoms with Gasteiger partial charge in [-0.15, -0.1) is 0 Å². The molecule has 1 aliphatic carbocycles. The number of benzene rings is 1. The van der Waals surface area contributed by atoms with Crippen LogP contribution in [-0.2, 0) is 4.79 Å². The first-order chi connectivity index (χ1) is 12.5. The quantitative estimate of drug-likeness (QED) is 0.766. The zero-order chi connectivity index (χ0) is 18.9. The number of aromatic hydroxyl groups is 1. The van der Waals surface area contributed by atoms with Crippen LogP contribution in [0.15, 0.2) is 60.0 Å². The Hall–Kier alpha value is -2.04. The number of rotatable bonds is 2. The number of fused-ring (bicyclic) bond motifs is 1. The number of hydrogen-bond donors (Lipinski definition) is 2. The zero-order valence-electron chi connectivity index (χ0n) is 15.4. The molecule has 2 aliphatic heterocycles. The second-order valence-electron chi connectivity index (χ2n) is 6.51. The number of hydrazine groups is 1. The zero-order valence-corrected chi connectivity index (χ0v) is 16.2. The van der Waals surface area contributed by atoms with Crippen LogP contribution in [0.1, 0.15) is 39.5 Å². The van der Waals surface area contributed by atoms with E-state index in [-0.39, 0.29) is 11.5 Å². The van der Waals surface area contributed by atoms with Gasteiger partial charge in [0, 0.05) is 23.3 Å². The average molecular weight is 375 g/mol. The largest absolute Gasteiger partial charge is 0.508 e. The maximum atomic E-state index is 11.1. The number of Topliss-reactive ketones (excluding diaryl/α,β-unsaturated/α-hetero) is 1. The van der Waals surface area contributed by atoms with Crippen LogP contribution < -0.4 is 5.43 Å². The molecule has 5 heteroatoms. The van der Waals surface area contributed by atoms with Gasteiger partial charge in [-0.2, -0.15) is 0 Å². The topological polar surface area (TPSA) is 52.6 Å². The van der Waals surface area contributed by atoms with Crippen LogP contribution in [0.5, 0.6) is 5.75 Å². The van der Waals surface area contributed by atoms with Crippen molar-refractivity contribution in [1.82, 2.24) is 10.4 Å². The first-order valence-corrected chi connectivity index (χ1v) is 9.45. The van der Waals surface area contributed by atoms with Crippen molar-refractivity contribution >= 4 is 17.4 Å². The van der Waals surface area contributed by atoms with Gasteiger partial charge in [0.05, 0.1) is 5.70 Å². The number of halogens is 1. The summed E-state index contributed by atoms with van der Waals surface area (Å²) in [5.74, 6) is 1.50. The second kappa shape index (κ2) is 10.2. The van der Waals surface area contributed by atoms with Crippen LogP contribution in [0.25, 0.3) is 0 Å². The van der Waals surface area contributed by atoms with Crippen molar-refractivity contribution in [2.24, 2.45) is 5.92 Å². The molecule has 3 aliphatic rings. The fourth-order valence-corrected chi connectivity index (χ4v) is 2.85. The van der Waals surface area contributed by atoms with E-state index >= 15 is 0 Å². The summed E-state index contributed by atoms with van der Waals surface area (Å²) in [5, 5.41) is 11.2. The molecular formula is C21H27ClN2O2. The summed E-state index contributed by atoms with van der Waals surface area (Å²) in [6.07, 6.45) is 13.6. The molecule has 2 N–H and O–H groups in total. The Kier molecular flexibility index (Phi) is 7.95. The van der Waals surface area contributed by atoms with E-state index in [0.29, 0.717) is 11.6 Å². The molecule has 140 valence electrons. The van der Waals surface area contributed by atoms with E-state index in [4.69, 9.17) is 16.7 Å². The van der Waals surface area contributed by atoms with Crippen molar-refractivity contribution in [3.05, 3.63) is 65.0 Å². The summed E-state index contributed by atoms with van der Waals surface area (Å²) in [6.45, 7) is 4.52. The molecule has 4 nitrogen and oxygen atoms in total. The molecule has 0 unspecified atom stereocenters. The molecule has 0 aromatic heterocycles. The monoisotopic (exact) mass is 374 g/mol. The number of nitrogens with one attached hydrogen (secondary N) is 1. The first-order valence-electron chi connectivity index (χ1n) is 9.07. The van der Waals surface area contributed by atoms with E-state index in [9.17, 15) is 4.79 Å². The van der Waals surface area contributed by atoms with Gasteiger partial charge in [0.2, 0.25) is 0 Å². The van der Waals surface area contributed by atoms with Gasteiger partial charge in [0.25, 0.3) is 0 Å². The molecule has 1 aromatic rings. The number of hydrogen-bond acceptors (Lipinski definition) is 4. The minimum absolute atomic E-state index is 0.139. The molecule has 1 aromatic carbocycles. The maximum absolute atomic E-state index is 11.1. The number of nitrogens with zero attached hydrogens (tertiary/aromatic N) is 1. The van der Waals surface area contributed by atoms with Crippen molar-refractivity contribution in [3.8, 4) is 5.75 Å². The number of ketones is 1. The molecule has 0 saturated heterocycles. The van der Waals surface area contributed by atoms with Gasteiger partial charge >= 0.3 is 0 Å². The van der Waals surface area contributed by atoms with E-state index in [1.54, 1.807) is 31.2 Å². The van der Waals surface area contributed by atoms with Crippen LogP contribution >= 0.6 is 11.6 Å². The Balaban J connectivity index is 0.000000151. The highest BCUT2D eigenvalue weighted by molar-refractivity contribution is 6.30. The molecule has 1 fully saturated rings. The molecule has 1 saturated carbocycles. The van der Waals surface area contributed by atoms with Crippen LogP contribution in [0.2, 0.25) is 5.02 Å². The number of allylic oxidation sites excluding steroid dienone is 3. The predicted molar refractivity (Wildman–Crippen MR) is 107 cm³/mol. The van der Waals surface area contributed by atoms with Crippen molar-refractivity contribution in [3.63, 3.8) is 0 Å². The number of carbonyl (C=O) groups excluding carboxylic acids is 1. The molecule has 0 bridgehead atoms. The summed E-state index contributed by atoms with van der Waals surface area (Å²) < 4.78 is 0. The summed E-state index contributed by atoms with van der Waals surface area (Å²) in [5.41, 5.74) is 4.92. The third-order valence-electron chi connectivity index (χ3n) is 4.65. The van der Waals surface area contributed by atoms with Crippen LogP contribution in [-0.4, -0.2) is 22.4 Å². The molecule has 0 atom stereocenters. The predicted octanol–water partition coefficient (Wildman–Crippen LogP) is 4.98. The van der Waals surface area contributed by atoms with E-state index in [2.05, 4.69) is 12.3 Å². The van der Waals surface area contributed by atoms with E-state index < -0.39 is 0 Å². The third-order valence-corrected chi connectivity index (χ3v) is 4.90. The van der Waals surface area contributed by atoms with E-state index in [1.165, 1.54) is 25.7 Å². The minimum atomic E-state index is 0.139. The van der Waals surface area contributed by atoms with E-state index in [1.807, 2.05) is 29.4 Å². The minimum Gasteiger partial charge on any atom is -0.508 e. The van der Waals surface area contributed by atoms with Crippen molar-refractivity contribution < 1.29 is 9.90 Å². The third kappa shape index (κ3) is 6.04. The van der Waals surface area contributed by atoms with Gasteiger partial charge in [-0.05, 0) is 49.3 Å². The summed E-state index contributed by atoms with van der Waals surface area (Å²) >= 11 is 5.50. The molecule has 4 rings (SSSR count). The highest BCUT2D eigenvalue weighted by atomic mass is 35.5. The summed E-state index contributed by atoms with van der Waals surface area (Å²) in [4.78, 5) is 11.1. The van der Waals surface area contributed by atoms with Gasteiger partial charge in [0.15, 0.2) is 5.78 Å². The smallest absolute Gasteiger partial charge is 0.159 e. The fourth-order valence-electron chi connectivity index (χ4n) is 2.73. The highest BCUT2D eigenvalue weighted by Gasteiger charge is 2.21. The van der Waals surface area contributed by atoms with E-state index in [0.717, 1.165) is 17.2 Å². The lowest BCUT2D eigenvalue weighted by Crippen LogP contribution is -2.26. The van der Waals surface area contributed by atoms with Crippen LogP contribution in [0, 0.1) is 5.92 Å². The number of phenolic OH excluding ortho intramolecular Hbond substituents is 1. The SMILES string of the molecule is CC(=O)C1=C2C=CC=CN2NC1.CCC1CCC1.Oc1ccc(Cl)cc1. The Morgan fingerprint density at radius 3 is 2.42 bits per heavy atom. The molecule has 2 heterocycles. The second-order valence-corrected chi connectivity index (χ2v) is 6.94. The van der Waals surface area contributed by atoms with Crippen molar-refractivity contribution in [2.45, 2.75) is 39.5 Å². The fraction of sp³-hybridized carbons (Fsp3) is 0.381. The summed E-state index contributed by atoms with van der Waals surface area (Å²) in [6, 6.07) is 6.36. The van der Waals surface area contributed by atoms with Crippen LogP contribution in [0.3, 0.4) is 0 Å². The Bertz CT molecular complexity index is 665. The molecule has 0 amide bonds. The normalized spacial score (nSPS) is 17.6. The first kappa shape index (κ1) is 20.3. The van der Waals surface area contributed by atoms with Gasteiger partial charge in [0.1, 0.15) is 5.75 Å². The summed E-state index contributed by atoms with van der Waals surface area (Å²) in [7, 11) is 0. The Labute approximate surface area is 160 Å². The van der Waals surface area contributed by atoms with Gasteiger partial charge in [-0.3, -0.25) is 9.80 Å². The lowest BCUT2D eigenvalue weighted by atomic mass is 9.84. The van der Waals surface area contributed by atoms with Gasteiger partial charge in [-0.1, -0.05) is 50.3 Å². The van der Waals surface area contributed by atoms with Gasteiger partial charge < -0.3 is 5.11 Å². The average Bonchev–Trinajstić information content (AvgIpc) is 3.02. The van der Waals surface area contributed by atoms with Crippen LogP contribution in [0.4, 0.5) is 0 Å². The lowest BCUT2D eigenvalue weighted by molar-refractivity contribution is -0.113. The maximum Gasteiger partial charge on any atom is 0.159 e. The highest BCUT2D eigenvalue weighted by Crippen LogP contribution is 2.28. The molecule has 0 radical (unpaired) electrons. The molecule has 26 heavy (non-hydrogen) atoms. The van der Waals surface area contributed by atoms with Crippen molar-refractivity contribution in [2.75, 3.05) is 6.54 Å². The lowest BCUT2D eigenvalue weighted by Gasteiger charge is -2.22. The number of carbonyl (C=O) groups is 1. The Morgan fingerprint density at radius 2 is 1.96 bits per heavy atom. The Morgan fingerprint density at radius 1 is 1.27 bits per heavy atom. The molecule has 0 spiro atoms. The van der Waals surface area contributed by atoms with Gasteiger partial charge in [-0.25, -0.2) is 5.43 Å². The molecular weight excluding hydrogens is 348 g/mol.